The monoisotopic (exact) mass is 225 g/mol. The molecule has 0 saturated carbocycles. The van der Waals surface area contributed by atoms with E-state index in [1.807, 2.05) is 6.07 Å². The Morgan fingerprint density at radius 3 is 2.50 bits per heavy atom. The lowest BCUT2D eigenvalue weighted by Gasteiger charge is -2.35. The number of hydrogen-bond donors (Lipinski definition) is 0. The SMILES string of the molecule is COc1cc(F)c(C2(C#N)COC2)cc1F. The average Bonchev–Trinajstić information content (AvgIpc) is 2.22. The van der Waals surface area contributed by atoms with Gasteiger partial charge in [-0.05, 0) is 6.07 Å². The normalized spacial score (nSPS) is 17.4. The molecule has 0 aromatic heterocycles. The first kappa shape index (κ1) is 10.8. The molecule has 1 aromatic carbocycles. The second kappa shape index (κ2) is 3.72. The van der Waals surface area contributed by atoms with Crippen LogP contribution in [0.3, 0.4) is 0 Å². The third-order valence-electron chi connectivity index (χ3n) is 2.67. The van der Waals surface area contributed by atoms with Gasteiger partial charge < -0.3 is 9.47 Å². The summed E-state index contributed by atoms with van der Waals surface area (Å²) in [4.78, 5) is 0. The fourth-order valence-corrected chi connectivity index (χ4v) is 1.64. The predicted molar refractivity (Wildman–Crippen MR) is 51.0 cm³/mol. The molecule has 16 heavy (non-hydrogen) atoms. The van der Waals surface area contributed by atoms with Crippen molar-refractivity contribution < 1.29 is 18.3 Å². The van der Waals surface area contributed by atoms with Gasteiger partial charge in [-0.15, -0.1) is 0 Å². The molecule has 0 N–H and O–H groups in total. The Hall–Kier alpha value is -1.67. The van der Waals surface area contributed by atoms with Crippen LogP contribution in [-0.2, 0) is 10.2 Å². The van der Waals surface area contributed by atoms with Crippen LogP contribution in [0.15, 0.2) is 12.1 Å². The van der Waals surface area contributed by atoms with Crippen molar-refractivity contribution in [1.82, 2.24) is 0 Å². The van der Waals surface area contributed by atoms with Crippen molar-refractivity contribution in [3.05, 3.63) is 29.3 Å². The zero-order valence-corrected chi connectivity index (χ0v) is 8.59. The molecule has 0 atom stereocenters. The van der Waals surface area contributed by atoms with E-state index in [0.717, 1.165) is 12.1 Å². The number of ether oxygens (including phenoxy) is 2. The van der Waals surface area contributed by atoms with E-state index >= 15 is 0 Å². The van der Waals surface area contributed by atoms with Crippen LogP contribution >= 0.6 is 0 Å². The minimum Gasteiger partial charge on any atom is -0.494 e. The molecule has 1 aliphatic rings. The van der Waals surface area contributed by atoms with Gasteiger partial charge in [0.15, 0.2) is 11.6 Å². The largest absolute Gasteiger partial charge is 0.494 e. The Labute approximate surface area is 91.2 Å². The molecule has 0 bridgehead atoms. The second-order valence-corrected chi connectivity index (χ2v) is 3.65. The van der Waals surface area contributed by atoms with Gasteiger partial charge in [-0.25, -0.2) is 8.78 Å². The minimum absolute atomic E-state index is 0.0274. The number of rotatable bonds is 2. The molecule has 5 heteroatoms. The van der Waals surface area contributed by atoms with Crippen molar-refractivity contribution >= 4 is 0 Å². The van der Waals surface area contributed by atoms with Crippen molar-refractivity contribution in [2.75, 3.05) is 20.3 Å². The Balaban J connectivity index is 2.50. The first-order chi connectivity index (χ1) is 7.63. The minimum atomic E-state index is -1.06. The quantitative estimate of drug-likeness (QED) is 0.770. The van der Waals surface area contributed by atoms with Gasteiger partial charge in [-0.2, -0.15) is 5.26 Å². The number of nitriles is 1. The van der Waals surface area contributed by atoms with Gasteiger partial charge in [-0.3, -0.25) is 0 Å². The van der Waals surface area contributed by atoms with E-state index in [1.54, 1.807) is 0 Å². The Bertz CT molecular complexity index is 464. The fourth-order valence-electron chi connectivity index (χ4n) is 1.64. The third-order valence-corrected chi connectivity index (χ3v) is 2.67. The van der Waals surface area contributed by atoms with Crippen molar-refractivity contribution in [2.24, 2.45) is 0 Å². The van der Waals surface area contributed by atoms with Crippen molar-refractivity contribution in [3.63, 3.8) is 0 Å². The molecule has 1 aromatic rings. The van der Waals surface area contributed by atoms with Gasteiger partial charge in [-0.1, -0.05) is 0 Å². The maximum absolute atomic E-state index is 13.7. The summed E-state index contributed by atoms with van der Waals surface area (Å²) in [6.07, 6.45) is 0. The Kier molecular flexibility index (Phi) is 2.52. The first-order valence-corrected chi connectivity index (χ1v) is 4.65. The molecule has 0 unspecified atom stereocenters. The summed E-state index contributed by atoms with van der Waals surface area (Å²) in [6.45, 7) is 0.179. The van der Waals surface area contributed by atoms with E-state index < -0.39 is 17.0 Å². The zero-order valence-electron chi connectivity index (χ0n) is 8.59. The molecule has 0 radical (unpaired) electrons. The third kappa shape index (κ3) is 1.42. The summed E-state index contributed by atoms with van der Waals surface area (Å²) in [6, 6.07) is 3.91. The molecule has 1 aliphatic heterocycles. The highest BCUT2D eigenvalue weighted by Crippen LogP contribution is 2.35. The maximum atomic E-state index is 13.7. The molecule has 0 aliphatic carbocycles. The summed E-state index contributed by atoms with van der Waals surface area (Å²) in [7, 11) is 1.25. The van der Waals surface area contributed by atoms with Crippen molar-refractivity contribution in [3.8, 4) is 11.8 Å². The van der Waals surface area contributed by atoms with Crippen LogP contribution in [0.2, 0.25) is 0 Å². The lowest BCUT2D eigenvalue weighted by molar-refractivity contribution is -0.0314. The smallest absolute Gasteiger partial charge is 0.165 e. The zero-order chi connectivity index (χ0) is 11.8. The van der Waals surface area contributed by atoms with E-state index in [2.05, 4.69) is 4.74 Å². The molecule has 0 spiro atoms. The Morgan fingerprint density at radius 2 is 2.06 bits per heavy atom. The molecule has 0 amide bonds. The highest BCUT2D eigenvalue weighted by molar-refractivity contribution is 5.41. The van der Waals surface area contributed by atoms with Gasteiger partial charge in [0.05, 0.1) is 26.4 Å². The van der Waals surface area contributed by atoms with Crippen LogP contribution in [0.5, 0.6) is 5.75 Å². The van der Waals surface area contributed by atoms with Crippen LogP contribution in [0.1, 0.15) is 5.56 Å². The molecule has 3 nitrogen and oxygen atoms in total. The van der Waals surface area contributed by atoms with E-state index in [1.165, 1.54) is 7.11 Å². The predicted octanol–water partition coefficient (Wildman–Crippen LogP) is 1.76. The van der Waals surface area contributed by atoms with E-state index in [9.17, 15) is 8.78 Å². The van der Waals surface area contributed by atoms with E-state index in [4.69, 9.17) is 10.00 Å². The Morgan fingerprint density at radius 1 is 1.38 bits per heavy atom. The lowest BCUT2D eigenvalue weighted by atomic mass is 9.80. The number of methoxy groups -OCH3 is 1. The van der Waals surface area contributed by atoms with E-state index in [-0.39, 0.29) is 24.5 Å². The number of nitrogens with zero attached hydrogens (tertiary/aromatic N) is 1. The van der Waals surface area contributed by atoms with Gasteiger partial charge >= 0.3 is 0 Å². The van der Waals surface area contributed by atoms with Gasteiger partial charge in [0.1, 0.15) is 11.2 Å². The average molecular weight is 225 g/mol. The molecule has 1 heterocycles. The maximum Gasteiger partial charge on any atom is 0.165 e. The number of hydrogen-bond acceptors (Lipinski definition) is 3. The summed E-state index contributed by atoms with van der Waals surface area (Å²) >= 11 is 0. The molecular formula is C11H9F2NO2. The fraction of sp³-hybridized carbons (Fsp3) is 0.364. The number of halogens is 2. The topological polar surface area (TPSA) is 42.2 Å². The first-order valence-electron chi connectivity index (χ1n) is 4.65. The molecular weight excluding hydrogens is 216 g/mol. The summed E-state index contributed by atoms with van der Waals surface area (Å²) in [5, 5.41) is 8.98. The van der Waals surface area contributed by atoms with Gasteiger partial charge in [0, 0.05) is 11.6 Å². The van der Waals surface area contributed by atoms with Gasteiger partial charge in [0.25, 0.3) is 0 Å². The molecule has 2 rings (SSSR count). The summed E-state index contributed by atoms with van der Waals surface area (Å²) in [5.41, 5.74) is -1.03. The van der Waals surface area contributed by atoms with Crippen LogP contribution in [0, 0.1) is 23.0 Å². The van der Waals surface area contributed by atoms with Crippen LogP contribution in [0.25, 0.3) is 0 Å². The lowest BCUT2D eigenvalue weighted by Crippen LogP contribution is -2.46. The highest BCUT2D eigenvalue weighted by atomic mass is 19.1. The van der Waals surface area contributed by atoms with Crippen molar-refractivity contribution in [1.29, 1.82) is 5.26 Å². The number of benzene rings is 1. The molecule has 1 fully saturated rings. The standard InChI is InChI=1S/C11H9F2NO2/c1-15-10-3-8(12)7(2-9(10)13)11(4-14)5-16-6-11/h2-3H,5-6H2,1H3. The summed E-state index contributed by atoms with van der Waals surface area (Å²) in [5.74, 6) is -1.50. The van der Waals surface area contributed by atoms with Crippen LogP contribution in [-0.4, -0.2) is 20.3 Å². The van der Waals surface area contributed by atoms with Crippen LogP contribution < -0.4 is 4.74 Å². The second-order valence-electron chi connectivity index (χ2n) is 3.65. The molecule has 84 valence electrons. The van der Waals surface area contributed by atoms with Crippen molar-refractivity contribution in [2.45, 2.75) is 5.41 Å². The van der Waals surface area contributed by atoms with E-state index in [0.29, 0.717) is 0 Å². The highest BCUT2D eigenvalue weighted by Gasteiger charge is 2.43. The van der Waals surface area contributed by atoms with Crippen LogP contribution in [0.4, 0.5) is 8.78 Å². The molecule has 1 saturated heterocycles. The summed E-state index contributed by atoms with van der Waals surface area (Å²) < 4.78 is 36.6. The van der Waals surface area contributed by atoms with Gasteiger partial charge in [0.2, 0.25) is 0 Å².